The van der Waals surface area contributed by atoms with Gasteiger partial charge in [-0.25, -0.2) is 4.57 Å². The molecule has 0 fully saturated rings. The molecule has 0 aromatic carbocycles. The van der Waals surface area contributed by atoms with Gasteiger partial charge in [0.25, 0.3) is 0 Å². The van der Waals surface area contributed by atoms with Gasteiger partial charge in [-0.05, 0) is 12.8 Å². The third-order valence-corrected chi connectivity index (χ3v) is 15.2. The summed E-state index contributed by atoms with van der Waals surface area (Å²) in [5, 5.41) is 0. The van der Waals surface area contributed by atoms with Crippen LogP contribution in [-0.4, -0.2) is 49.3 Å². The number of nitrogens with two attached hydrogens (primary N) is 1. The number of hydrogen-bond acceptors (Lipinski definition) is 8. The van der Waals surface area contributed by atoms with Gasteiger partial charge in [0, 0.05) is 19.4 Å². The number of rotatable bonds is 60. The van der Waals surface area contributed by atoms with E-state index in [1.165, 1.54) is 276 Å². The highest BCUT2D eigenvalue weighted by atomic mass is 31.2. The van der Waals surface area contributed by atoms with E-state index in [1.807, 2.05) is 0 Å². The molecule has 0 aromatic heterocycles. The third kappa shape index (κ3) is 56.3. The maximum atomic E-state index is 12.7. The van der Waals surface area contributed by atoms with E-state index in [-0.39, 0.29) is 38.6 Å². The van der Waals surface area contributed by atoms with Gasteiger partial charge < -0.3 is 20.1 Å². The van der Waals surface area contributed by atoms with Crippen molar-refractivity contribution in [2.75, 3.05) is 26.4 Å². The Labute approximate surface area is 435 Å². The zero-order valence-electron chi connectivity index (χ0n) is 46.8. The van der Waals surface area contributed by atoms with Crippen LogP contribution in [0.3, 0.4) is 0 Å². The molecule has 70 heavy (non-hydrogen) atoms. The van der Waals surface area contributed by atoms with Crippen LogP contribution < -0.4 is 5.73 Å². The van der Waals surface area contributed by atoms with Gasteiger partial charge in [-0.2, -0.15) is 0 Å². The highest BCUT2D eigenvalue weighted by Gasteiger charge is 2.26. The minimum atomic E-state index is -4.37. The van der Waals surface area contributed by atoms with Gasteiger partial charge in [-0.15, -0.1) is 0 Å². The molecule has 0 rings (SSSR count). The average Bonchev–Trinajstić information content (AvgIpc) is 3.35. The monoisotopic (exact) mass is 1010 g/mol. The van der Waals surface area contributed by atoms with Crippen LogP contribution in [0.15, 0.2) is 0 Å². The summed E-state index contributed by atoms with van der Waals surface area (Å²) < 4.78 is 32.9. The van der Waals surface area contributed by atoms with E-state index in [0.717, 1.165) is 32.1 Å². The van der Waals surface area contributed by atoms with Crippen LogP contribution >= 0.6 is 7.82 Å². The number of carbonyl (C=O) groups excluding carboxylic acids is 2. The molecule has 0 spiro atoms. The summed E-state index contributed by atoms with van der Waals surface area (Å²) in [6, 6.07) is 0. The third-order valence-electron chi connectivity index (χ3n) is 14.2. The topological polar surface area (TPSA) is 134 Å². The zero-order valence-corrected chi connectivity index (χ0v) is 47.7. The van der Waals surface area contributed by atoms with Crippen LogP contribution in [0.4, 0.5) is 0 Å². The second kappa shape index (κ2) is 57.3. The van der Waals surface area contributed by atoms with Crippen molar-refractivity contribution in [2.45, 2.75) is 347 Å². The first-order valence-corrected chi connectivity index (χ1v) is 32.5. The van der Waals surface area contributed by atoms with E-state index in [9.17, 15) is 19.0 Å². The molecule has 0 radical (unpaired) electrons. The van der Waals surface area contributed by atoms with Gasteiger partial charge in [0.1, 0.15) is 6.61 Å². The van der Waals surface area contributed by atoms with Gasteiger partial charge in [0.15, 0.2) is 6.10 Å². The predicted octanol–water partition coefficient (Wildman–Crippen LogP) is 19.5. The molecular weight excluding hydrogens is 894 g/mol. The van der Waals surface area contributed by atoms with Crippen molar-refractivity contribution in [3.8, 4) is 0 Å². The summed E-state index contributed by atoms with van der Waals surface area (Å²) in [5.74, 6) is -0.809. The Bertz CT molecular complexity index is 1110. The number of phosphoric ester groups is 1. The SMILES string of the molecule is CCCCCCCCCCCCCCCCCCCCCCCCCCCCCCCCCCCCCCCCCC(=O)OC(COC(=O)CCCCCCCCCCCC)COP(=O)(O)OCCN. The Morgan fingerprint density at radius 3 is 0.871 bits per heavy atom. The standard InChI is InChI=1S/C60H120NO8P/c1-3-5-7-9-11-13-15-16-17-18-19-20-21-22-23-24-25-26-27-28-29-30-31-32-33-34-35-36-37-38-39-40-41-42-43-45-47-49-51-53-60(63)69-58(57-68-70(64,65)67-55-54-61)56-66-59(62)52-50-48-46-44-14-12-10-8-6-4-2/h58H,3-57,61H2,1-2H3,(H,64,65). The maximum absolute atomic E-state index is 12.7. The van der Waals surface area contributed by atoms with Crippen molar-refractivity contribution in [2.24, 2.45) is 5.73 Å². The van der Waals surface area contributed by atoms with Crippen LogP contribution in [0.5, 0.6) is 0 Å². The van der Waals surface area contributed by atoms with E-state index < -0.39 is 26.5 Å². The summed E-state index contributed by atoms with van der Waals surface area (Å²) >= 11 is 0. The Morgan fingerprint density at radius 1 is 0.371 bits per heavy atom. The van der Waals surface area contributed by atoms with Crippen LogP contribution in [0.25, 0.3) is 0 Å². The van der Waals surface area contributed by atoms with Crippen molar-refractivity contribution in [1.82, 2.24) is 0 Å². The van der Waals surface area contributed by atoms with Crippen molar-refractivity contribution in [3.63, 3.8) is 0 Å². The minimum absolute atomic E-state index is 0.0582. The summed E-state index contributed by atoms with van der Waals surface area (Å²) in [7, 11) is -4.37. The van der Waals surface area contributed by atoms with Gasteiger partial charge in [0.05, 0.1) is 13.2 Å². The van der Waals surface area contributed by atoms with E-state index in [0.29, 0.717) is 6.42 Å². The Balaban J connectivity index is 3.64. The van der Waals surface area contributed by atoms with Crippen LogP contribution in [-0.2, 0) is 32.7 Å². The maximum Gasteiger partial charge on any atom is 0.472 e. The molecule has 0 aromatic rings. The molecule has 418 valence electrons. The number of phosphoric acid groups is 1. The highest BCUT2D eigenvalue weighted by Crippen LogP contribution is 2.43. The Morgan fingerprint density at radius 2 is 0.614 bits per heavy atom. The van der Waals surface area contributed by atoms with Gasteiger partial charge in [0.2, 0.25) is 0 Å². The van der Waals surface area contributed by atoms with Crippen LogP contribution in [0.1, 0.15) is 341 Å². The van der Waals surface area contributed by atoms with Gasteiger partial charge >= 0.3 is 19.8 Å². The molecular formula is C60H120NO8P. The molecule has 0 bridgehead atoms. The van der Waals surface area contributed by atoms with Gasteiger partial charge in [-0.3, -0.25) is 18.6 Å². The number of carbonyl (C=O) groups is 2. The van der Waals surface area contributed by atoms with Crippen molar-refractivity contribution < 1.29 is 37.6 Å². The summed E-state index contributed by atoms with van der Waals surface area (Å²) in [4.78, 5) is 35.0. The fourth-order valence-corrected chi connectivity index (χ4v) is 10.4. The normalized spacial score (nSPS) is 12.9. The number of unbranched alkanes of at least 4 members (excludes halogenated alkanes) is 47. The fraction of sp³-hybridized carbons (Fsp3) is 0.967. The lowest BCUT2D eigenvalue weighted by atomic mass is 10.0. The van der Waals surface area contributed by atoms with E-state index in [4.69, 9.17) is 24.3 Å². The molecule has 0 saturated carbocycles. The highest BCUT2D eigenvalue weighted by molar-refractivity contribution is 7.47. The molecule has 0 aliphatic rings. The summed E-state index contributed by atoms with van der Waals surface area (Å²) in [6.45, 7) is 3.78. The van der Waals surface area contributed by atoms with Crippen molar-refractivity contribution in [3.05, 3.63) is 0 Å². The van der Waals surface area contributed by atoms with E-state index >= 15 is 0 Å². The van der Waals surface area contributed by atoms with E-state index in [2.05, 4.69) is 13.8 Å². The Kier molecular flexibility index (Phi) is 56.5. The first kappa shape index (κ1) is 69.0. The second-order valence-corrected chi connectivity index (χ2v) is 22.8. The molecule has 3 N–H and O–H groups in total. The van der Waals surface area contributed by atoms with Crippen LogP contribution in [0, 0.1) is 0 Å². The predicted molar refractivity (Wildman–Crippen MR) is 298 cm³/mol. The van der Waals surface area contributed by atoms with Crippen molar-refractivity contribution in [1.29, 1.82) is 0 Å². The second-order valence-electron chi connectivity index (χ2n) is 21.3. The zero-order chi connectivity index (χ0) is 51.0. The van der Waals surface area contributed by atoms with E-state index in [1.54, 1.807) is 0 Å². The molecule has 0 aliphatic heterocycles. The molecule has 0 saturated heterocycles. The molecule has 0 amide bonds. The van der Waals surface area contributed by atoms with Crippen molar-refractivity contribution >= 4 is 19.8 Å². The fourth-order valence-electron chi connectivity index (χ4n) is 9.64. The largest absolute Gasteiger partial charge is 0.472 e. The number of esters is 2. The quantitative estimate of drug-likeness (QED) is 0.0347. The van der Waals surface area contributed by atoms with Gasteiger partial charge in [-0.1, -0.05) is 316 Å². The lowest BCUT2D eigenvalue weighted by molar-refractivity contribution is -0.161. The molecule has 0 heterocycles. The first-order chi connectivity index (χ1) is 34.3. The van der Waals surface area contributed by atoms with Crippen LogP contribution in [0.2, 0.25) is 0 Å². The summed E-state index contributed by atoms with van der Waals surface area (Å²) in [6.07, 6.45) is 65.1. The molecule has 2 atom stereocenters. The molecule has 0 aliphatic carbocycles. The Hall–Kier alpha value is -0.990. The lowest BCUT2D eigenvalue weighted by Gasteiger charge is -2.19. The molecule has 9 nitrogen and oxygen atoms in total. The summed E-state index contributed by atoms with van der Waals surface area (Å²) in [5.41, 5.74) is 5.37. The smallest absolute Gasteiger partial charge is 0.462 e. The minimum Gasteiger partial charge on any atom is -0.462 e. The number of hydrogen-bond donors (Lipinski definition) is 2. The molecule has 10 heteroatoms. The lowest BCUT2D eigenvalue weighted by Crippen LogP contribution is -2.29. The average molecular weight is 1010 g/mol. The molecule has 2 unspecified atom stereocenters. The first-order valence-electron chi connectivity index (χ1n) is 31.0. The number of ether oxygens (including phenoxy) is 2.